The van der Waals surface area contributed by atoms with E-state index in [1.165, 1.54) is 88.2 Å². The number of guanidine groups is 1. The van der Waals surface area contributed by atoms with E-state index in [9.17, 15) is 0 Å². The molecule has 0 unspecified atom stereocenters. The van der Waals surface area contributed by atoms with Crippen LogP contribution in [-0.4, -0.2) is 72.6 Å². The Bertz CT molecular complexity index is 688. The van der Waals surface area contributed by atoms with Crippen molar-refractivity contribution in [3.8, 4) is 0 Å². The molecular weight excluding hydrogens is 531 g/mol. The number of aromatic nitrogens is 1. The molecule has 2 saturated heterocycles. The van der Waals surface area contributed by atoms with Crippen LogP contribution in [0.15, 0.2) is 10.4 Å². The van der Waals surface area contributed by atoms with Crippen molar-refractivity contribution in [1.29, 1.82) is 0 Å². The van der Waals surface area contributed by atoms with Gasteiger partial charge in [0.1, 0.15) is 0 Å². The van der Waals surface area contributed by atoms with Crippen molar-refractivity contribution in [3.63, 3.8) is 0 Å². The van der Waals surface area contributed by atoms with Gasteiger partial charge in [-0.15, -0.1) is 35.3 Å². The van der Waals surface area contributed by atoms with Crippen LogP contribution in [0, 0.1) is 5.92 Å². The van der Waals surface area contributed by atoms with Gasteiger partial charge in [0, 0.05) is 50.7 Å². The third-order valence-corrected chi connectivity index (χ3v) is 8.53. The first-order valence-electron chi connectivity index (χ1n) is 12.6. The predicted molar refractivity (Wildman–Crippen MR) is 146 cm³/mol. The van der Waals surface area contributed by atoms with Gasteiger partial charge in [-0.2, -0.15) is 0 Å². The second-order valence-corrected chi connectivity index (χ2v) is 10.6. The van der Waals surface area contributed by atoms with Gasteiger partial charge in [0.05, 0.1) is 10.7 Å². The van der Waals surface area contributed by atoms with E-state index in [2.05, 4.69) is 37.7 Å². The highest BCUT2D eigenvalue weighted by molar-refractivity contribution is 14.0. The molecule has 4 rings (SSSR count). The van der Waals surface area contributed by atoms with E-state index in [1.807, 2.05) is 7.05 Å². The Morgan fingerprint density at radius 1 is 1.09 bits per heavy atom. The second-order valence-electron chi connectivity index (χ2n) is 9.65. The number of rotatable bonds is 7. The quantitative estimate of drug-likeness (QED) is 0.292. The van der Waals surface area contributed by atoms with Gasteiger partial charge >= 0.3 is 0 Å². The van der Waals surface area contributed by atoms with Crippen LogP contribution >= 0.6 is 35.3 Å². The lowest BCUT2D eigenvalue weighted by Gasteiger charge is -2.37. The lowest BCUT2D eigenvalue weighted by Crippen LogP contribution is -2.51. The minimum absolute atomic E-state index is 0. The zero-order valence-corrected chi connectivity index (χ0v) is 23.2. The number of piperidine rings is 2. The first-order chi connectivity index (χ1) is 15.2. The Morgan fingerprint density at radius 3 is 2.44 bits per heavy atom. The zero-order chi connectivity index (χ0) is 21.5. The van der Waals surface area contributed by atoms with Crippen LogP contribution in [0.2, 0.25) is 0 Å². The van der Waals surface area contributed by atoms with E-state index in [0.717, 1.165) is 37.4 Å². The average Bonchev–Trinajstić information content (AvgIpc) is 3.50. The Balaban J connectivity index is 0.00000289. The summed E-state index contributed by atoms with van der Waals surface area (Å²) in [4.78, 5) is 14.5. The molecule has 0 amide bonds. The number of aryl methyl sites for hydroxylation is 1. The maximum Gasteiger partial charge on any atom is 0.191 e. The van der Waals surface area contributed by atoms with Crippen molar-refractivity contribution < 1.29 is 0 Å². The monoisotopic (exact) mass is 574 g/mol. The molecule has 1 aromatic rings. The molecule has 3 heterocycles. The SMILES string of the molecule is CCc1nc(CN2CCC(CNC(=NC)NC3CCN(C4CCCC4)CC3)CC2)cs1.I. The summed E-state index contributed by atoms with van der Waals surface area (Å²) in [6.45, 7) is 9.08. The first kappa shape index (κ1) is 26.2. The number of nitrogens with zero attached hydrogens (tertiary/aromatic N) is 4. The fourth-order valence-corrected chi connectivity index (χ4v) is 6.21. The maximum absolute atomic E-state index is 4.73. The summed E-state index contributed by atoms with van der Waals surface area (Å²) in [5, 5.41) is 10.8. The molecule has 182 valence electrons. The fraction of sp³-hybridized carbons (Fsp3) is 0.833. The molecule has 8 heteroatoms. The lowest BCUT2D eigenvalue weighted by molar-refractivity contribution is 0.150. The fourth-order valence-electron chi connectivity index (χ4n) is 5.47. The number of halogens is 1. The van der Waals surface area contributed by atoms with Crippen LogP contribution in [0.4, 0.5) is 0 Å². The molecule has 0 spiro atoms. The number of thiazole rings is 1. The number of likely N-dealkylation sites (tertiary alicyclic amines) is 2. The van der Waals surface area contributed by atoms with Crippen molar-refractivity contribution in [3.05, 3.63) is 16.1 Å². The maximum atomic E-state index is 4.73. The first-order valence-corrected chi connectivity index (χ1v) is 13.5. The minimum Gasteiger partial charge on any atom is -0.356 e. The van der Waals surface area contributed by atoms with Gasteiger partial charge < -0.3 is 15.5 Å². The minimum atomic E-state index is 0. The van der Waals surface area contributed by atoms with E-state index < -0.39 is 0 Å². The van der Waals surface area contributed by atoms with Crippen molar-refractivity contribution in [2.45, 2.75) is 83.3 Å². The van der Waals surface area contributed by atoms with E-state index >= 15 is 0 Å². The van der Waals surface area contributed by atoms with Crippen molar-refractivity contribution in [2.24, 2.45) is 10.9 Å². The van der Waals surface area contributed by atoms with Crippen LogP contribution < -0.4 is 10.6 Å². The van der Waals surface area contributed by atoms with Crippen LogP contribution in [0.3, 0.4) is 0 Å². The molecule has 0 atom stereocenters. The number of hydrogen-bond acceptors (Lipinski definition) is 5. The molecule has 3 fully saturated rings. The van der Waals surface area contributed by atoms with Gasteiger partial charge in [0.2, 0.25) is 0 Å². The largest absolute Gasteiger partial charge is 0.356 e. The van der Waals surface area contributed by atoms with Gasteiger partial charge in [-0.25, -0.2) is 4.98 Å². The van der Waals surface area contributed by atoms with Gasteiger partial charge in [0.15, 0.2) is 5.96 Å². The molecule has 3 aliphatic rings. The van der Waals surface area contributed by atoms with Crippen molar-refractivity contribution in [1.82, 2.24) is 25.4 Å². The molecule has 2 aliphatic heterocycles. The highest BCUT2D eigenvalue weighted by Gasteiger charge is 2.27. The highest BCUT2D eigenvalue weighted by atomic mass is 127. The molecular formula is C24H43IN6S. The normalized spacial score (nSPS) is 22.8. The number of nitrogens with one attached hydrogen (secondary N) is 2. The standard InChI is InChI=1S/C24H42N6S.HI/c1-3-23-27-21(18-31-23)17-29-12-8-19(9-13-29)16-26-24(25-2)28-20-10-14-30(15-11-20)22-6-4-5-7-22;/h18-20,22H,3-17H2,1-2H3,(H2,25,26,28);1H. The molecule has 6 nitrogen and oxygen atoms in total. The number of hydrogen-bond donors (Lipinski definition) is 2. The van der Waals surface area contributed by atoms with Gasteiger partial charge in [-0.3, -0.25) is 9.89 Å². The predicted octanol–water partition coefficient (Wildman–Crippen LogP) is 4.11. The molecule has 0 radical (unpaired) electrons. The van der Waals surface area contributed by atoms with Gasteiger partial charge in [-0.05, 0) is 64.0 Å². The van der Waals surface area contributed by atoms with Crippen LogP contribution in [0.1, 0.15) is 69.0 Å². The Morgan fingerprint density at radius 2 is 1.81 bits per heavy atom. The van der Waals surface area contributed by atoms with Crippen LogP contribution in [0.25, 0.3) is 0 Å². The van der Waals surface area contributed by atoms with Crippen LogP contribution in [-0.2, 0) is 13.0 Å². The van der Waals surface area contributed by atoms with E-state index in [0.29, 0.717) is 6.04 Å². The smallest absolute Gasteiger partial charge is 0.191 e. The Kier molecular flexibility index (Phi) is 11.0. The molecule has 32 heavy (non-hydrogen) atoms. The Hall–Kier alpha value is -0.450. The van der Waals surface area contributed by atoms with E-state index in [-0.39, 0.29) is 24.0 Å². The third-order valence-electron chi connectivity index (χ3n) is 7.49. The molecule has 1 saturated carbocycles. The summed E-state index contributed by atoms with van der Waals surface area (Å²) in [7, 11) is 1.91. The highest BCUT2D eigenvalue weighted by Crippen LogP contribution is 2.26. The van der Waals surface area contributed by atoms with Crippen molar-refractivity contribution in [2.75, 3.05) is 39.8 Å². The molecule has 1 aliphatic carbocycles. The molecule has 0 aromatic carbocycles. The van der Waals surface area contributed by atoms with E-state index in [1.54, 1.807) is 11.3 Å². The van der Waals surface area contributed by atoms with Crippen LogP contribution in [0.5, 0.6) is 0 Å². The summed E-state index contributed by atoms with van der Waals surface area (Å²) in [5.41, 5.74) is 1.25. The topological polar surface area (TPSA) is 55.8 Å². The van der Waals surface area contributed by atoms with Gasteiger partial charge in [-0.1, -0.05) is 19.8 Å². The molecule has 1 aromatic heterocycles. The van der Waals surface area contributed by atoms with Crippen molar-refractivity contribution >= 4 is 41.3 Å². The summed E-state index contributed by atoms with van der Waals surface area (Å²) < 4.78 is 0. The third kappa shape index (κ3) is 7.53. The Labute approximate surface area is 216 Å². The number of aliphatic imine (C=N–C) groups is 1. The summed E-state index contributed by atoms with van der Waals surface area (Å²) >= 11 is 1.80. The summed E-state index contributed by atoms with van der Waals surface area (Å²) in [6.07, 6.45) is 11.8. The zero-order valence-electron chi connectivity index (χ0n) is 20.0. The summed E-state index contributed by atoms with van der Waals surface area (Å²) in [6, 6.07) is 1.44. The summed E-state index contributed by atoms with van der Waals surface area (Å²) in [5.74, 6) is 1.73. The molecule has 2 N–H and O–H groups in total. The lowest BCUT2D eigenvalue weighted by atomic mass is 9.96. The average molecular weight is 575 g/mol. The van der Waals surface area contributed by atoms with Gasteiger partial charge in [0.25, 0.3) is 0 Å². The second kappa shape index (κ2) is 13.4. The van der Waals surface area contributed by atoms with E-state index in [4.69, 9.17) is 4.98 Å². The molecule has 0 bridgehead atoms.